The van der Waals surface area contributed by atoms with Gasteiger partial charge in [-0.25, -0.2) is 0 Å². The average Bonchev–Trinajstić information content (AvgIpc) is 1.80. The molecule has 0 aliphatic carbocycles. The molecule has 0 amide bonds. The van der Waals surface area contributed by atoms with Gasteiger partial charge in [-0.15, -0.1) is 0 Å². The Bertz CT molecular complexity index is 158. The Morgan fingerprint density at radius 1 is 1.78 bits per heavy atom. The maximum atomic E-state index is 10.7. The van der Waals surface area contributed by atoms with Crippen LogP contribution in [-0.2, 0) is 9.53 Å². The van der Waals surface area contributed by atoms with Crippen molar-refractivity contribution in [3.8, 4) is 0 Å². The second-order valence-electron chi connectivity index (χ2n) is 2.37. The van der Waals surface area contributed by atoms with Gasteiger partial charge in [0.1, 0.15) is 5.76 Å². The first kappa shape index (κ1) is 6.33. The fourth-order valence-electron chi connectivity index (χ4n) is 0.740. The number of carbonyl (C=O) groups excluding carboxylic acids is 1. The van der Waals surface area contributed by atoms with E-state index in [-0.39, 0.29) is 11.9 Å². The van der Waals surface area contributed by atoms with Crippen LogP contribution in [0.5, 0.6) is 0 Å². The molecule has 0 radical (unpaired) electrons. The lowest BCUT2D eigenvalue weighted by Crippen LogP contribution is -2.17. The first-order valence-electron chi connectivity index (χ1n) is 3.08. The minimum atomic E-state index is -0.102. The molecule has 1 rings (SSSR count). The molecule has 0 saturated heterocycles. The zero-order valence-corrected chi connectivity index (χ0v) is 5.68. The van der Waals surface area contributed by atoms with Crippen LogP contribution in [0.4, 0.5) is 0 Å². The summed E-state index contributed by atoms with van der Waals surface area (Å²) in [4.78, 5) is 10.7. The molecule has 0 fully saturated rings. The molecule has 0 aromatic rings. The molecular formula is C7H10O2. The summed E-state index contributed by atoms with van der Waals surface area (Å²) in [6.07, 6.45) is 2.76. The molecule has 0 spiro atoms. The van der Waals surface area contributed by atoms with E-state index in [4.69, 9.17) is 4.74 Å². The molecule has 0 aromatic carbocycles. The molecule has 1 aliphatic heterocycles. The van der Waals surface area contributed by atoms with Crippen LogP contribution in [0.1, 0.15) is 20.3 Å². The van der Waals surface area contributed by atoms with Crippen molar-refractivity contribution < 1.29 is 9.53 Å². The molecule has 0 bridgehead atoms. The number of ether oxygens (including phenoxy) is 1. The second kappa shape index (κ2) is 2.21. The fourth-order valence-corrected chi connectivity index (χ4v) is 0.740. The van der Waals surface area contributed by atoms with Gasteiger partial charge < -0.3 is 4.74 Å². The lowest BCUT2D eigenvalue weighted by Gasteiger charge is -2.14. The van der Waals surface area contributed by atoms with Crippen LogP contribution in [0.15, 0.2) is 11.8 Å². The van der Waals surface area contributed by atoms with Crippen LogP contribution in [-0.4, -0.2) is 5.97 Å². The summed E-state index contributed by atoms with van der Waals surface area (Å²) < 4.78 is 4.82. The SMILES string of the molecule is CC1=CCC(C)C(=O)O1. The number of rotatable bonds is 0. The van der Waals surface area contributed by atoms with E-state index in [0.717, 1.165) is 12.2 Å². The van der Waals surface area contributed by atoms with Crippen LogP contribution in [0.25, 0.3) is 0 Å². The third kappa shape index (κ3) is 1.31. The summed E-state index contributed by atoms with van der Waals surface area (Å²) in [7, 11) is 0. The maximum Gasteiger partial charge on any atom is 0.314 e. The van der Waals surface area contributed by atoms with Crippen molar-refractivity contribution in [2.45, 2.75) is 20.3 Å². The Morgan fingerprint density at radius 2 is 2.44 bits per heavy atom. The van der Waals surface area contributed by atoms with Crippen LogP contribution in [0.2, 0.25) is 0 Å². The van der Waals surface area contributed by atoms with E-state index in [1.54, 1.807) is 6.92 Å². The van der Waals surface area contributed by atoms with E-state index in [2.05, 4.69) is 0 Å². The van der Waals surface area contributed by atoms with Crippen molar-refractivity contribution >= 4 is 5.97 Å². The molecule has 9 heavy (non-hydrogen) atoms. The zero-order chi connectivity index (χ0) is 6.85. The topological polar surface area (TPSA) is 26.3 Å². The van der Waals surface area contributed by atoms with Crippen molar-refractivity contribution in [2.24, 2.45) is 5.92 Å². The highest BCUT2D eigenvalue weighted by Crippen LogP contribution is 2.15. The highest BCUT2D eigenvalue weighted by atomic mass is 16.5. The summed E-state index contributed by atoms with van der Waals surface area (Å²) in [6, 6.07) is 0. The third-order valence-electron chi connectivity index (χ3n) is 1.42. The molecule has 1 aliphatic rings. The van der Waals surface area contributed by atoms with Crippen molar-refractivity contribution in [2.75, 3.05) is 0 Å². The van der Waals surface area contributed by atoms with Gasteiger partial charge in [0.05, 0.1) is 5.92 Å². The van der Waals surface area contributed by atoms with Crippen LogP contribution < -0.4 is 0 Å². The monoisotopic (exact) mass is 126 g/mol. The molecule has 50 valence electrons. The molecule has 0 saturated carbocycles. The Labute approximate surface area is 54.5 Å². The van der Waals surface area contributed by atoms with Gasteiger partial charge in [-0.1, -0.05) is 6.92 Å². The number of hydrogen-bond donors (Lipinski definition) is 0. The number of allylic oxidation sites excluding steroid dienone is 2. The van der Waals surface area contributed by atoms with E-state index < -0.39 is 0 Å². The van der Waals surface area contributed by atoms with E-state index in [1.807, 2.05) is 13.0 Å². The summed E-state index contributed by atoms with van der Waals surface area (Å²) >= 11 is 0. The van der Waals surface area contributed by atoms with Gasteiger partial charge >= 0.3 is 5.97 Å². The molecule has 0 N–H and O–H groups in total. The van der Waals surface area contributed by atoms with Gasteiger partial charge in [0.25, 0.3) is 0 Å². The third-order valence-corrected chi connectivity index (χ3v) is 1.42. The Balaban J connectivity index is 2.65. The lowest BCUT2D eigenvalue weighted by atomic mass is 10.1. The van der Waals surface area contributed by atoms with Gasteiger partial charge in [0.2, 0.25) is 0 Å². The number of cyclic esters (lactones) is 1. The van der Waals surface area contributed by atoms with Gasteiger partial charge in [-0.05, 0) is 19.4 Å². The van der Waals surface area contributed by atoms with Crippen LogP contribution in [0, 0.1) is 5.92 Å². The van der Waals surface area contributed by atoms with E-state index >= 15 is 0 Å². The van der Waals surface area contributed by atoms with E-state index in [9.17, 15) is 4.79 Å². The molecule has 0 aromatic heterocycles. The summed E-state index contributed by atoms with van der Waals surface area (Å²) in [5.41, 5.74) is 0. The van der Waals surface area contributed by atoms with Crippen molar-refractivity contribution in [1.29, 1.82) is 0 Å². The normalized spacial score (nSPS) is 27.1. The van der Waals surface area contributed by atoms with Crippen LogP contribution >= 0.6 is 0 Å². The van der Waals surface area contributed by atoms with Crippen molar-refractivity contribution in [3.05, 3.63) is 11.8 Å². The van der Waals surface area contributed by atoms with Gasteiger partial charge in [0, 0.05) is 0 Å². The highest BCUT2D eigenvalue weighted by Gasteiger charge is 2.17. The van der Waals surface area contributed by atoms with Crippen molar-refractivity contribution in [3.63, 3.8) is 0 Å². The second-order valence-corrected chi connectivity index (χ2v) is 2.37. The predicted octanol–water partition coefficient (Wildman–Crippen LogP) is 1.47. The lowest BCUT2D eigenvalue weighted by molar-refractivity contribution is -0.144. The average molecular weight is 126 g/mol. The Morgan fingerprint density at radius 3 is 2.89 bits per heavy atom. The fraction of sp³-hybridized carbons (Fsp3) is 0.571. The van der Waals surface area contributed by atoms with Crippen LogP contribution in [0.3, 0.4) is 0 Å². The standard InChI is InChI=1S/C7H10O2/c1-5-3-4-6(2)9-7(5)8/h4-5H,3H2,1-2H3. The molecular weight excluding hydrogens is 116 g/mol. The molecule has 2 nitrogen and oxygen atoms in total. The first-order chi connectivity index (χ1) is 4.20. The summed E-state index contributed by atoms with van der Waals surface area (Å²) in [5, 5.41) is 0. The summed E-state index contributed by atoms with van der Waals surface area (Å²) in [5.74, 6) is 0.682. The zero-order valence-electron chi connectivity index (χ0n) is 5.68. The molecule has 1 unspecified atom stereocenters. The molecule has 1 heterocycles. The largest absolute Gasteiger partial charge is 0.432 e. The molecule has 2 heteroatoms. The van der Waals surface area contributed by atoms with Gasteiger partial charge in [-0.2, -0.15) is 0 Å². The van der Waals surface area contributed by atoms with Gasteiger partial charge in [0.15, 0.2) is 0 Å². The molecule has 1 atom stereocenters. The first-order valence-corrected chi connectivity index (χ1v) is 3.08. The van der Waals surface area contributed by atoms with E-state index in [1.165, 1.54) is 0 Å². The quantitative estimate of drug-likeness (QED) is 0.459. The van der Waals surface area contributed by atoms with E-state index in [0.29, 0.717) is 0 Å². The predicted molar refractivity (Wildman–Crippen MR) is 33.6 cm³/mol. The minimum Gasteiger partial charge on any atom is -0.432 e. The smallest absolute Gasteiger partial charge is 0.314 e. The minimum absolute atomic E-state index is 0.0497. The number of carbonyl (C=O) groups is 1. The number of esters is 1. The maximum absolute atomic E-state index is 10.7. The number of hydrogen-bond acceptors (Lipinski definition) is 2. The summed E-state index contributed by atoms with van der Waals surface area (Å²) in [6.45, 7) is 3.66. The van der Waals surface area contributed by atoms with Crippen molar-refractivity contribution in [1.82, 2.24) is 0 Å². The Hall–Kier alpha value is -0.790. The van der Waals surface area contributed by atoms with Gasteiger partial charge in [-0.3, -0.25) is 4.79 Å². The highest BCUT2D eigenvalue weighted by molar-refractivity contribution is 5.74. The Kier molecular flexibility index (Phi) is 1.56.